The van der Waals surface area contributed by atoms with Crippen molar-refractivity contribution in [2.24, 2.45) is 0 Å². The molecule has 2 amide bonds. The van der Waals surface area contributed by atoms with Gasteiger partial charge in [-0.1, -0.05) is 0 Å². The number of nitrogens with zero attached hydrogens (tertiary/aromatic N) is 2. The predicted octanol–water partition coefficient (Wildman–Crippen LogP) is 3.57. The topological polar surface area (TPSA) is 139 Å². The van der Waals surface area contributed by atoms with Crippen LogP contribution in [0.15, 0.2) is 85.2 Å². The number of fused-ring (bicyclic) bond motifs is 2. The fourth-order valence-corrected chi connectivity index (χ4v) is 4.32. The van der Waals surface area contributed by atoms with Crippen LogP contribution in [0.25, 0.3) is 11.4 Å². The van der Waals surface area contributed by atoms with Gasteiger partial charge in [0, 0.05) is 23.5 Å². The molecule has 0 radical (unpaired) electrons. The molecule has 0 aliphatic carbocycles. The molecule has 2 aromatic carbocycles. The number of nitrogens with one attached hydrogen (secondary N) is 2. The molecule has 0 saturated carbocycles. The molecule has 0 spiro atoms. The van der Waals surface area contributed by atoms with Gasteiger partial charge in [-0.05, 0) is 72.8 Å². The Hall–Kier alpha value is -5.20. The lowest BCUT2D eigenvalue weighted by Gasteiger charge is -2.11. The summed E-state index contributed by atoms with van der Waals surface area (Å²) in [7, 11) is 0. The van der Waals surface area contributed by atoms with E-state index in [4.69, 9.17) is 28.4 Å². The maximum atomic E-state index is 12.8. The van der Waals surface area contributed by atoms with Gasteiger partial charge in [-0.25, -0.2) is 0 Å². The highest BCUT2D eigenvalue weighted by atomic mass is 16.6. The second kappa shape index (κ2) is 17.3. The van der Waals surface area contributed by atoms with Crippen molar-refractivity contribution >= 4 is 11.8 Å². The minimum atomic E-state index is -0.280. The normalized spacial score (nSPS) is 15.9. The summed E-state index contributed by atoms with van der Waals surface area (Å²) in [6.07, 6.45) is 3.06. The molecule has 0 atom stereocenters. The van der Waals surface area contributed by atoms with E-state index in [2.05, 4.69) is 20.6 Å². The summed E-state index contributed by atoms with van der Waals surface area (Å²) in [5, 5.41) is 5.69. The van der Waals surface area contributed by atoms with Gasteiger partial charge in [-0.2, -0.15) is 0 Å². The van der Waals surface area contributed by atoms with Gasteiger partial charge in [-0.15, -0.1) is 0 Å². The molecule has 0 saturated heterocycles. The van der Waals surface area contributed by atoms with Crippen molar-refractivity contribution in [2.75, 3.05) is 65.9 Å². The Bertz CT molecular complexity index is 1430. The summed E-state index contributed by atoms with van der Waals surface area (Å²) in [5.41, 5.74) is 1.75. The van der Waals surface area contributed by atoms with Crippen molar-refractivity contribution in [1.29, 1.82) is 0 Å². The first-order valence-electron chi connectivity index (χ1n) is 15.0. The third-order valence-electron chi connectivity index (χ3n) is 6.63. The quantitative estimate of drug-likeness (QED) is 0.297. The lowest BCUT2D eigenvalue weighted by atomic mass is 10.1. The van der Waals surface area contributed by atoms with Gasteiger partial charge >= 0.3 is 0 Å². The lowest BCUT2D eigenvalue weighted by molar-refractivity contribution is 0.0273. The fraction of sp³-hybridized carbons (Fsp3) is 0.294. The van der Waals surface area contributed by atoms with E-state index in [9.17, 15) is 9.59 Å². The number of aromatic nitrogens is 2. The van der Waals surface area contributed by atoms with E-state index >= 15 is 0 Å². The number of carbonyl (C=O) groups excluding carboxylic acids is 2. The summed E-state index contributed by atoms with van der Waals surface area (Å²) < 4.78 is 34.0. The van der Waals surface area contributed by atoms with E-state index in [-0.39, 0.29) is 25.0 Å². The van der Waals surface area contributed by atoms with Crippen LogP contribution < -0.4 is 29.6 Å². The lowest BCUT2D eigenvalue weighted by Crippen LogP contribution is -2.28. The Morgan fingerprint density at radius 3 is 1.20 bits per heavy atom. The van der Waals surface area contributed by atoms with Crippen LogP contribution in [0.4, 0.5) is 0 Å². The Balaban J connectivity index is 1.19. The van der Waals surface area contributed by atoms with Crippen molar-refractivity contribution in [3.8, 4) is 34.4 Å². The predicted molar refractivity (Wildman–Crippen MR) is 169 cm³/mol. The van der Waals surface area contributed by atoms with Gasteiger partial charge in [-0.3, -0.25) is 19.6 Å². The van der Waals surface area contributed by atoms with Crippen molar-refractivity contribution in [1.82, 2.24) is 20.6 Å². The smallest absolute Gasteiger partial charge is 0.251 e. The van der Waals surface area contributed by atoms with Crippen LogP contribution in [0, 0.1) is 0 Å². The third-order valence-corrected chi connectivity index (χ3v) is 6.63. The van der Waals surface area contributed by atoms with Crippen LogP contribution in [0.2, 0.25) is 0 Å². The standard InChI is InChI=1S/C34H36N4O8/c39-33-25-9-11-35-31(23-25)32-24-26(10-12-36-32)34(40)38-14-16-44-28-3-7-30(8-4-28)46-22-20-42-18-17-41-19-21-45-29-5-1-27(2-6-29)43-15-13-37-33/h1-12,23-24H,13-22H2,(H,37,39)(H,38,40). The Labute approximate surface area is 267 Å². The Kier molecular flexibility index (Phi) is 12.1. The van der Waals surface area contributed by atoms with Crippen molar-refractivity contribution in [3.05, 3.63) is 96.3 Å². The van der Waals surface area contributed by atoms with Gasteiger partial charge in [0.2, 0.25) is 0 Å². The summed E-state index contributed by atoms with van der Waals surface area (Å²) in [6.45, 7) is 3.72. The molecule has 5 heterocycles. The highest BCUT2D eigenvalue weighted by Gasteiger charge is 2.12. The first-order chi connectivity index (χ1) is 22.6. The number of amides is 2. The van der Waals surface area contributed by atoms with E-state index < -0.39 is 0 Å². The minimum absolute atomic E-state index is 0.280. The van der Waals surface area contributed by atoms with E-state index in [1.54, 1.807) is 48.5 Å². The average Bonchev–Trinajstić information content (AvgIpc) is 3.10. The van der Waals surface area contributed by atoms with Gasteiger partial charge in [0.1, 0.15) is 49.4 Å². The Morgan fingerprint density at radius 2 is 0.804 bits per heavy atom. The molecule has 8 bridgehead atoms. The van der Waals surface area contributed by atoms with Crippen molar-refractivity contribution in [3.63, 3.8) is 0 Å². The summed E-state index contributed by atoms with van der Waals surface area (Å²) >= 11 is 0. The van der Waals surface area contributed by atoms with Crippen LogP contribution in [0.5, 0.6) is 23.0 Å². The van der Waals surface area contributed by atoms with Gasteiger partial charge in [0.15, 0.2) is 0 Å². The second-order valence-corrected chi connectivity index (χ2v) is 9.93. The molecule has 3 aliphatic rings. The number of pyridine rings is 2. The summed E-state index contributed by atoms with van der Waals surface area (Å²) in [6, 6.07) is 21.0. The molecule has 2 N–H and O–H groups in total. The molecule has 0 fully saturated rings. The van der Waals surface area contributed by atoms with Gasteiger partial charge in [0.25, 0.3) is 11.8 Å². The first-order valence-corrected chi connectivity index (χ1v) is 15.0. The number of carbonyl (C=O) groups is 2. The number of ether oxygens (including phenoxy) is 6. The molecule has 2 aromatic heterocycles. The van der Waals surface area contributed by atoms with Crippen LogP contribution in [-0.2, 0) is 9.47 Å². The molecule has 240 valence electrons. The van der Waals surface area contributed by atoms with E-state index in [1.807, 2.05) is 24.3 Å². The molecule has 12 heteroatoms. The SMILES string of the molecule is O=C1NCCOc2ccc(cc2)OCCOCCOCCOc2ccc(cc2)OCCNC(=O)c2ccnc(c2)-c2cc1ccn2. The van der Waals surface area contributed by atoms with Gasteiger partial charge in [0.05, 0.1) is 50.9 Å². The molecule has 4 aromatic rings. The summed E-state index contributed by atoms with van der Waals surface area (Å²) in [4.78, 5) is 34.3. The molecular weight excluding hydrogens is 592 g/mol. The van der Waals surface area contributed by atoms with Crippen LogP contribution in [-0.4, -0.2) is 87.7 Å². The summed E-state index contributed by atoms with van der Waals surface area (Å²) in [5.74, 6) is 2.15. The zero-order chi connectivity index (χ0) is 31.8. The minimum Gasteiger partial charge on any atom is -0.492 e. The van der Waals surface area contributed by atoms with E-state index in [0.717, 1.165) is 0 Å². The molecule has 12 nitrogen and oxygen atoms in total. The number of hydrogen-bond donors (Lipinski definition) is 2. The van der Waals surface area contributed by atoms with Crippen molar-refractivity contribution < 1.29 is 38.0 Å². The van der Waals surface area contributed by atoms with Crippen LogP contribution in [0.3, 0.4) is 0 Å². The van der Waals surface area contributed by atoms with Gasteiger partial charge < -0.3 is 39.1 Å². The first kappa shape index (κ1) is 32.2. The van der Waals surface area contributed by atoms with Crippen LogP contribution >= 0.6 is 0 Å². The Morgan fingerprint density at radius 1 is 0.457 bits per heavy atom. The number of hydrogen-bond acceptors (Lipinski definition) is 10. The van der Waals surface area contributed by atoms with Crippen molar-refractivity contribution in [2.45, 2.75) is 0 Å². The molecule has 0 unspecified atom stereocenters. The molecule has 7 rings (SSSR count). The molecule has 46 heavy (non-hydrogen) atoms. The van der Waals surface area contributed by atoms with E-state index in [1.165, 1.54) is 12.4 Å². The third kappa shape index (κ3) is 10.2. The van der Waals surface area contributed by atoms with Crippen LogP contribution in [0.1, 0.15) is 20.7 Å². The second-order valence-electron chi connectivity index (χ2n) is 9.93. The number of rotatable bonds is 0. The highest BCUT2D eigenvalue weighted by Crippen LogP contribution is 2.19. The highest BCUT2D eigenvalue weighted by molar-refractivity contribution is 5.96. The average molecular weight is 629 g/mol. The molecule has 3 aliphatic heterocycles. The maximum Gasteiger partial charge on any atom is 0.251 e. The molecular formula is C34H36N4O8. The van der Waals surface area contributed by atoms with E-state index in [0.29, 0.717) is 98.2 Å². The zero-order valence-corrected chi connectivity index (χ0v) is 25.3. The fourth-order valence-electron chi connectivity index (χ4n) is 4.32. The largest absolute Gasteiger partial charge is 0.492 e. The zero-order valence-electron chi connectivity index (χ0n) is 25.3. The monoisotopic (exact) mass is 628 g/mol. The maximum absolute atomic E-state index is 12.8. The number of benzene rings is 2.